The van der Waals surface area contributed by atoms with Gasteiger partial charge in [0.25, 0.3) is 0 Å². The Labute approximate surface area is 112 Å². The van der Waals surface area contributed by atoms with Crippen molar-refractivity contribution in [3.63, 3.8) is 0 Å². The molecule has 0 saturated carbocycles. The lowest BCUT2D eigenvalue weighted by Gasteiger charge is -2.02. The molecule has 0 amide bonds. The molecule has 0 aromatic heterocycles. The van der Waals surface area contributed by atoms with E-state index in [1.165, 1.54) is 64.2 Å². The molecule has 0 unspecified atom stereocenters. The Morgan fingerprint density at radius 2 is 1.17 bits per heavy atom. The molecule has 0 aliphatic rings. The standard InChI is InChI=1S/C15H30O3/c1-2-3-4-5-6-7-8-9-10-11-12-13-14-18-15(16)17/h2-14H2,1H3,(H,16,17). The lowest BCUT2D eigenvalue weighted by atomic mass is 10.1. The van der Waals surface area contributed by atoms with Crippen LogP contribution >= 0.6 is 0 Å². The zero-order valence-electron chi connectivity index (χ0n) is 12.0. The van der Waals surface area contributed by atoms with Crippen LogP contribution in [0.15, 0.2) is 0 Å². The Morgan fingerprint density at radius 1 is 0.778 bits per heavy atom. The van der Waals surface area contributed by atoms with Crippen molar-refractivity contribution < 1.29 is 14.6 Å². The van der Waals surface area contributed by atoms with Crippen LogP contribution < -0.4 is 0 Å². The van der Waals surface area contributed by atoms with Crippen LogP contribution in [0.1, 0.15) is 84.0 Å². The molecule has 3 heteroatoms. The summed E-state index contributed by atoms with van der Waals surface area (Å²) in [5.41, 5.74) is 0. The van der Waals surface area contributed by atoms with Gasteiger partial charge in [0.2, 0.25) is 0 Å². The van der Waals surface area contributed by atoms with Crippen LogP contribution in [0.3, 0.4) is 0 Å². The molecule has 0 aromatic rings. The van der Waals surface area contributed by atoms with E-state index in [1.807, 2.05) is 0 Å². The molecule has 0 saturated heterocycles. The van der Waals surface area contributed by atoms with E-state index in [0.717, 1.165) is 12.8 Å². The van der Waals surface area contributed by atoms with Crippen molar-refractivity contribution in [3.05, 3.63) is 0 Å². The maximum absolute atomic E-state index is 10.1. The number of rotatable bonds is 13. The first-order valence-electron chi connectivity index (χ1n) is 7.63. The third-order valence-corrected chi connectivity index (χ3v) is 3.22. The second kappa shape index (κ2) is 14.3. The molecule has 0 rings (SSSR count). The first kappa shape index (κ1) is 17.3. The monoisotopic (exact) mass is 258 g/mol. The maximum Gasteiger partial charge on any atom is 0.505 e. The Bertz CT molecular complexity index is 181. The quantitative estimate of drug-likeness (QED) is 0.356. The van der Waals surface area contributed by atoms with Crippen molar-refractivity contribution in [1.29, 1.82) is 0 Å². The molecular formula is C15H30O3. The number of hydrogen-bond donors (Lipinski definition) is 1. The first-order chi connectivity index (χ1) is 8.77. The van der Waals surface area contributed by atoms with Crippen LogP contribution in [0.2, 0.25) is 0 Å². The summed E-state index contributed by atoms with van der Waals surface area (Å²) >= 11 is 0. The zero-order valence-corrected chi connectivity index (χ0v) is 12.0. The minimum atomic E-state index is -1.15. The summed E-state index contributed by atoms with van der Waals surface area (Å²) < 4.78 is 4.45. The van der Waals surface area contributed by atoms with Crippen LogP contribution in [0.5, 0.6) is 0 Å². The van der Waals surface area contributed by atoms with Crippen molar-refractivity contribution in [3.8, 4) is 0 Å². The molecular weight excluding hydrogens is 228 g/mol. The van der Waals surface area contributed by atoms with Crippen LogP contribution in [0.25, 0.3) is 0 Å². The van der Waals surface area contributed by atoms with Gasteiger partial charge in [0.05, 0.1) is 6.61 Å². The molecule has 3 nitrogen and oxygen atoms in total. The number of carboxylic acid groups (broad SMARTS) is 1. The number of hydrogen-bond acceptors (Lipinski definition) is 2. The molecule has 0 aliphatic carbocycles. The van der Waals surface area contributed by atoms with Crippen molar-refractivity contribution in [2.75, 3.05) is 6.61 Å². The van der Waals surface area contributed by atoms with Gasteiger partial charge in [-0.3, -0.25) is 0 Å². The molecule has 0 radical (unpaired) electrons. The minimum absolute atomic E-state index is 0.354. The lowest BCUT2D eigenvalue weighted by Crippen LogP contribution is -2.01. The van der Waals surface area contributed by atoms with Gasteiger partial charge in [-0.2, -0.15) is 0 Å². The summed E-state index contributed by atoms with van der Waals surface area (Å²) in [6, 6.07) is 0. The summed E-state index contributed by atoms with van der Waals surface area (Å²) in [5, 5.41) is 8.27. The van der Waals surface area contributed by atoms with Gasteiger partial charge in [-0.25, -0.2) is 4.79 Å². The largest absolute Gasteiger partial charge is 0.505 e. The van der Waals surface area contributed by atoms with Crippen LogP contribution in [-0.4, -0.2) is 17.9 Å². The van der Waals surface area contributed by atoms with Crippen LogP contribution in [0, 0.1) is 0 Å². The number of carbonyl (C=O) groups is 1. The fraction of sp³-hybridized carbons (Fsp3) is 0.933. The van der Waals surface area contributed by atoms with E-state index < -0.39 is 6.16 Å². The molecule has 0 heterocycles. The second-order valence-electron chi connectivity index (χ2n) is 5.00. The molecule has 0 spiro atoms. The Balaban J connectivity index is 2.92. The van der Waals surface area contributed by atoms with Gasteiger partial charge in [0, 0.05) is 0 Å². The molecule has 0 atom stereocenters. The summed E-state index contributed by atoms with van der Waals surface area (Å²) in [7, 11) is 0. The summed E-state index contributed by atoms with van der Waals surface area (Å²) in [5.74, 6) is 0. The highest BCUT2D eigenvalue weighted by atomic mass is 16.7. The number of ether oxygens (including phenoxy) is 1. The van der Waals surface area contributed by atoms with Crippen molar-refractivity contribution in [1.82, 2.24) is 0 Å². The van der Waals surface area contributed by atoms with E-state index in [2.05, 4.69) is 11.7 Å². The highest BCUT2D eigenvalue weighted by Crippen LogP contribution is 2.11. The predicted molar refractivity (Wildman–Crippen MR) is 75.1 cm³/mol. The van der Waals surface area contributed by atoms with E-state index in [1.54, 1.807) is 0 Å². The predicted octanol–water partition coefficient (Wildman–Crippen LogP) is 5.38. The first-order valence-corrected chi connectivity index (χ1v) is 7.63. The molecule has 0 aliphatic heterocycles. The Hall–Kier alpha value is -0.730. The number of unbranched alkanes of at least 4 members (excludes halogenated alkanes) is 11. The van der Waals surface area contributed by atoms with E-state index in [0.29, 0.717) is 6.61 Å². The van der Waals surface area contributed by atoms with E-state index in [9.17, 15) is 4.79 Å². The summed E-state index contributed by atoms with van der Waals surface area (Å²) in [6.45, 7) is 2.61. The van der Waals surface area contributed by atoms with Crippen molar-refractivity contribution >= 4 is 6.16 Å². The van der Waals surface area contributed by atoms with Crippen molar-refractivity contribution in [2.24, 2.45) is 0 Å². The molecule has 0 fully saturated rings. The van der Waals surface area contributed by atoms with Gasteiger partial charge in [0.15, 0.2) is 0 Å². The smallest absolute Gasteiger partial charge is 0.450 e. The fourth-order valence-electron chi connectivity index (χ4n) is 2.10. The summed E-state index contributed by atoms with van der Waals surface area (Å²) in [6.07, 6.45) is 14.3. The minimum Gasteiger partial charge on any atom is -0.450 e. The zero-order chi connectivity index (χ0) is 13.5. The van der Waals surface area contributed by atoms with Crippen molar-refractivity contribution in [2.45, 2.75) is 84.0 Å². The van der Waals surface area contributed by atoms with E-state index in [-0.39, 0.29) is 0 Å². The molecule has 0 aromatic carbocycles. The fourth-order valence-corrected chi connectivity index (χ4v) is 2.10. The van der Waals surface area contributed by atoms with Crippen LogP contribution in [0.4, 0.5) is 4.79 Å². The van der Waals surface area contributed by atoms with Gasteiger partial charge in [0.1, 0.15) is 0 Å². The van der Waals surface area contributed by atoms with Gasteiger partial charge in [-0.1, -0.05) is 77.6 Å². The normalized spacial score (nSPS) is 10.5. The Morgan fingerprint density at radius 3 is 1.56 bits per heavy atom. The van der Waals surface area contributed by atoms with Gasteiger partial charge >= 0.3 is 6.16 Å². The second-order valence-corrected chi connectivity index (χ2v) is 5.00. The van der Waals surface area contributed by atoms with E-state index in [4.69, 9.17) is 5.11 Å². The highest BCUT2D eigenvalue weighted by molar-refractivity contribution is 5.56. The van der Waals surface area contributed by atoms with Crippen LogP contribution in [-0.2, 0) is 4.74 Å². The highest BCUT2D eigenvalue weighted by Gasteiger charge is 1.96. The molecule has 18 heavy (non-hydrogen) atoms. The average Bonchev–Trinajstić information content (AvgIpc) is 2.34. The van der Waals surface area contributed by atoms with Gasteiger partial charge < -0.3 is 9.84 Å². The average molecular weight is 258 g/mol. The lowest BCUT2D eigenvalue weighted by molar-refractivity contribution is 0.0899. The van der Waals surface area contributed by atoms with Gasteiger partial charge in [-0.05, 0) is 6.42 Å². The SMILES string of the molecule is CCCCCCCCCCCCCCOC(=O)O. The molecule has 108 valence electrons. The van der Waals surface area contributed by atoms with Gasteiger partial charge in [-0.15, -0.1) is 0 Å². The van der Waals surface area contributed by atoms with E-state index >= 15 is 0 Å². The third-order valence-electron chi connectivity index (χ3n) is 3.22. The molecule has 1 N–H and O–H groups in total. The summed E-state index contributed by atoms with van der Waals surface area (Å²) in [4.78, 5) is 10.1. The topological polar surface area (TPSA) is 46.5 Å². The maximum atomic E-state index is 10.1. The molecule has 0 bridgehead atoms. The Kier molecular flexibility index (Phi) is 13.8. The third kappa shape index (κ3) is 15.3.